The molecule has 4 heteroatoms. The highest BCUT2D eigenvalue weighted by Gasteiger charge is 2.27. The van der Waals surface area contributed by atoms with Gasteiger partial charge in [-0.25, -0.2) is 0 Å². The first-order valence-corrected chi connectivity index (χ1v) is 16.8. The van der Waals surface area contributed by atoms with E-state index in [9.17, 15) is 0 Å². The number of fused-ring (bicyclic) bond motifs is 8. The monoisotopic (exact) mass is 620 g/mol. The molecule has 10 rings (SSSR count). The summed E-state index contributed by atoms with van der Waals surface area (Å²) in [6, 6.07) is 56.7. The van der Waals surface area contributed by atoms with Crippen LogP contribution in [-0.2, 0) is 0 Å². The van der Waals surface area contributed by atoms with Crippen LogP contribution >= 0.6 is 11.3 Å². The fraction of sp³-hybridized carbons (Fsp3) is 0.0233. The van der Waals surface area contributed by atoms with Gasteiger partial charge in [0.15, 0.2) is 12.0 Å². The molecule has 7 aromatic carbocycles. The third-order valence-electron chi connectivity index (χ3n) is 9.45. The molecule has 0 bridgehead atoms. The van der Waals surface area contributed by atoms with Gasteiger partial charge in [-0.15, -0.1) is 11.3 Å². The zero-order valence-electron chi connectivity index (χ0n) is 25.4. The lowest BCUT2D eigenvalue weighted by Gasteiger charge is -2.14. The fourth-order valence-corrected chi connectivity index (χ4v) is 8.29. The highest BCUT2D eigenvalue weighted by Crippen LogP contribution is 2.48. The van der Waals surface area contributed by atoms with Crippen LogP contribution in [0.3, 0.4) is 0 Å². The van der Waals surface area contributed by atoms with Crippen LogP contribution in [0.5, 0.6) is 5.75 Å². The van der Waals surface area contributed by atoms with Crippen LogP contribution < -0.4 is 10.1 Å². The van der Waals surface area contributed by atoms with Gasteiger partial charge in [-0.05, 0) is 76.9 Å². The number of ether oxygens (including phenoxy) is 1. The largest absolute Gasteiger partial charge is 0.464 e. The average Bonchev–Trinajstić information content (AvgIpc) is 3.83. The van der Waals surface area contributed by atoms with Gasteiger partial charge in [0.25, 0.3) is 0 Å². The number of rotatable bonds is 4. The SMILES string of the molecule is c1ccc(-c2ccc3c(c2)c2cc(-c4ccccc4)ccc2n3-c2ccc(C3Nc4ccc5sc6ccccc6c5c4O3)cc2)cc1. The molecule has 0 amide bonds. The summed E-state index contributed by atoms with van der Waals surface area (Å²) in [5, 5.41) is 8.56. The number of nitrogens with zero attached hydrogens (tertiary/aromatic N) is 1. The van der Waals surface area contributed by atoms with Gasteiger partial charge in [0, 0.05) is 42.2 Å². The molecule has 1 N–H and O–H groups in total. The van der Waals surface area contributed by atoms with Gasteiger partial charge in [0.2, 0.25) is 0 Å². The van der Waals surface area contributed by atoms with E-state index in [1.165, 1.54) is 64.2 Å². The highest BCUT2D eigenvalue weighted by atomic mass is 32.1. The lowest BCUT2D eigenvalue weighted by molar-refractivity contribution is 0.263. The summed E-state index contributed by atoms with van der Waals surface area (Å²) in [6.45, 7) is 0. The molecule has 0 radical (unpaired) electrons. The Morgan fingerprint density at radius 2 is 1.13 bits per heavy atom. The van der Waals surface area contributed by atoms with Gasteiger partial charge in [0.05, 0.1) is 16.7 Å². The van der Waals surface area contributed by atoms with Gasteiger partial charge in [0.1, 0.15) is 0 Å². The van der Waals surface area contributed by atoms with Crippen molar-refractivity contribution in [3.63, 3.8) is 0 Å². The molecule has 1 aliphatic heterocycles. The Bertz CT molecular complexity index is 2520. The van der Waals surface area contributed by atoms with E-state index in [1.54, 1.807) is 0 Å². The van der Waals surface area contributed by atoms with Crippen molar-refractivity contribution < 1.29 is 4.74 Å². The molecule has 1 unspecified atom stereocenters. The van der Waals surface area contributed by atoms with Gasteiger partial charge < -0.3 is 14.6 Å². The van der Waals surface area contributed by atoms with E-state index in [0.717, 1.165) is 22.7 Å². The minimum absolute atomic E-state index is 0.247. The van der Waals surface area contributed by atoms with E-state index >= 15 is 0 Å². The Balaban J connectivity index is 1.07. The Morgan fingerprint density at radius 3 is 1.79 bits per heavy atom. The first kappa shape index (κ1) is 26.4. The fourth-order valence-electron chi connectivity index (χ4n) is 7.18. The maximum absolute atomic E-state index is 6.64. The highest BCUT2D eigenvalue weighted by molar-refractivity contribution is 7.25. The van der Waals surface area contributed by atoms with Gasteiger partial charge in [-0.3, -0.25) is 0 Å². The molecule has 3 heterocycles. The molecule has 0 fully saturated rings. The van der Waals surface area contributed by atoms with Crippen LogP contribution in [0.4, 0.5) is 5.69 Å². The van der Waals surface area contributed by atoms with E-state index in [2.05, 4.69) is 168 Å². The van der Waals surface area contributed by atoms with Gasteiger partial charge in [-0.1, -0.05) is 103 Å². The number of anilines is 1. The minimum atomic E-state index is -0.247. The first-order chi connectivity index (χ1) is 23.3. The predicted molar refractivity (Wildman–Crippen MR) is 198 cm³/mol. The summed E-state index contributed by atoms with van der Waals surface area (Å²) in [7, 11) is 0. The van der Waals surface area contributed by atoms with Crippen molar-refractivity contribution in [1.82, 2.24) is 4.57 Å². The zero-order valence-corrected chi connectivity index (χ0v) is 26.2. The molecule has 0 saturated heterocycles. The smallest absolute Gasteiger partial charge is 0.196 e. The Hall–Kier alpha value is -5.84. The topological polar surface area (TPSA) is 26.2 Å². The first-order valence-electron chi connectivity index (χ1n) is 16.0. The van der Waals surface area contributed by atoms with Crippen molar-refractivity contribution >= 4 is 59.0 Å². The summed E-state index contributed by atoms with van der Waals surface area (Å²) >= 11 is 1.82. The standard InChI is InChI=1S/C43H28N2OS/c1-3-9-27(10-4-1)30-17-22-37-34(25-30)35-26-31(28-11-5-2-6-12-28)18-23-38(35)45(37)32-19-15-29(16-20-32)43-44-36-21-24-40-41(42(36)46-43)33-13-7-8-14-39(33)47-40/h1-26,43-44H. The minimum Gasteiger partial charge on any atom is -0.464 e. The number of aromatic nitrogens is 1. The Kier molecular flexibility index (Phi) is 5.81. The molecule has 3 nitrogen and oxygen atoms in total. The number of hydrogen-bond acceptors (Lipinski definition) is 3. The molecule has 222 valence electrons. The summed E-state index contributed by atoms with van der Waals surface area (Å²) in [4.78, 5) is 0. The van der Waals surface area contributed by atoms with Crippen molar-refractivity contribution in [2.45, 2.75) is 6.23 Å². The third-order valence-corrected chi connectivity index (χ3v) is 10.6. The number of hydrogen-bond donors (Lipinski definition) is 1. The summed E-state index contributed by atoms with van der Waals surface area (Å²) in [5.74, 6) is 0.944. The van der Waals surface area contributed by atoms with E-state index in [1.807, 2.05) is 11.3 Å². The van der Waals surface area contributed by atoms with Crippen molar-refractivity contribution in [3.8, 4) is 33.7 Å². The van der Waals surface area contributed by atoms with Gasteiger partial charge >= 0.3 is 0 Å². The molecular formula is C43H28N2OS. The molecule has 9 aromatic rings. The van der Waals surface area contributed by atoms with Crippen LogP contribution in [0.2, 0.25) is 0 Å². The van der Waals surface area contributed by atoms with E-state index in [0.29, 0.717) is 0 Å². The summed E-state index contributed by atoms with van der Waals surface area (Å²) in [5.41, 5.74) is 10.5. The molecular weight excluding hydrogens is 593 g/mol. The van der Waals surface area contributed by atoms with Crippen molar-refractivity contribution in [2.24, 2.45) is 0 Å². The van der Waals surface area contributed by atoms with Crippen molar-refractivity contribution in [2.75, 3.05) is 5.32 Å². The lowest BCUT2D eigenvalue weighted by Crippen LogP contribution is -2.10. The second-order valence-electron chi connectivity index (χ2n) is 12.2. The summed E-state index contributed by atoms with van der Waals surface area (Å²) in [6.07, 6.45) is -0.247. The van der Waals surface area contributed by atoms with Crippen LogP contribution in [0.1, 0.15) is 11.8 Å². The second kappa shape index (κ2) is 10.3. The van der Waals surface area contributed by atoms with Crippen LogP contribution in [0, 0.1) is 0 Å². The van der Waals surface area contributed by atoms with Crippen molar-refractivity contribution in [1.29, 1.82) is 0 Å². The number of benzene rings is 7. The molecule has 47 heavy (non-hydrogen) atoms. The maximum atomic E-state index is 6.64. The van der Waals surface area contributed by atoms with Crippen molar-refractivity contribution in [3.05, 3.63) is 163 Å². The Labute approximate surface area is 275 Å². The van der Waals surface area contributed by atoms with Crippen LogP contribution in [0.15, 0.2) is 158 Å². The molecule has 1 atom stereocenters. The lowest BCUT2D eigenvalue weighted by atomic mass is 10.0. The molecule has 0 spiro atoms. The third kappa shape index (κ3) is 4.19. The van der Waals surface area contributed by atoms with Crippen LogP contribution in [-0.4, -0.2) is 4.57 Å². The normalized spacial score (nSPS) is 14.1. The molecule has 1 aliphatic rings. The zero-order chi connectivity index (χ0) is 30.9. The molecule has 0 saturated carbocycles. The molecule has 2 aromatic heterocycles. The van der Waals surface area contributed by atoms with E-state index < -0.39 is 0 Å². The quantitative estimate of drug-likeness (QED) is 0.212. The maximum Gasteiger partial charge on any atom is 0.196 e. The number of nitrogens with one attached hydrogen (secondary N) is 1. The van der Waals surface area contributed by atoms with Crippen LogP contribution in [0.25, 0.3) is 69.9 Å². The predicted octanol–water partition coefficient (Wildman–Crippen LogP) is 12.0. The number of thiophene rings is 1. The van der Waals surface area contributed by atoms with E-state index in [4.69, 9.17) is 4.74 Å². The average molecular weight is 621 g/mol. The van der Waals surface area contributed by atoms with E-state index in [-0.39, 0.29) is 6.23 Å². The second-order valence-corrected chi connectivity index (χ2v) is 13.3. The molecule has 0 aliphatic carbocycles. The Morgan fingerprint density at radius 1 is 0.511 bits per heavy atom. The summed E-state index contributed by atoms with van der Waals surface area (Å²) < 4.78 is 11.6. The van der Waals surface area contributed by atoms with Gasteiger partial charge in [-0.2, -0.15) is 0 Å².